The Kier molecular flexibility index (Phi) is 6.42. The van der Waals surface area contributed by atoms with E-state index >= 15 is 0 Å². The standard InChI is InChI=1S/C19H26FN3O5S/c1-13(2)10-23-19(25)17-9-15(11-22(17)7-8-29(23,26)27)21-18(24)12-28-16-5-3-14(20)4-6-16/h3-6,13,15,17H,7-12H2,1-2H3,(H,21,24)/t15-,17-/m0/s1. The summed E-state index contributed by atoms with van der Waals surface area (Å²) in [6, 6.07) is 4.53. The third-order valence-electron chi connectivity index (χ3n) is 4.99. The van der Waals surface area contributed by atoms with Crippen LogP contribution in [0.3, 0.4) is 0 Å². The van der Waals surface area contributed by atoms with Gasteiger partial charge in [-0.3, -0.25) is 14.5 Å². The van der Waals surface area contributed by atoms with Crippen LogP contribution in [0.5, 0.6) is 5.75 Å². The average Bonchev–Trinajstić information content (AvgIpc) is 3.02. The molecule has 2 heterocycles. The molecule has 0 aromatic heterocycles. The first-order chi connectivity index (χ1) is 13.7. The summed E-state index contributed by atoms with van der Waals surface area (Å²) in [5.41, 5.74) is 0. The smallest absolute Gasteiger partial charge is 0.258 e. The summed E-state index contributed by atoms with van der Waals surface area (Å²) in [7, 11) is -3.62. The summed E-state index contributed by atoms with van der Waals surface area (Å²) in [4.78, 5) is 26.9. The lowest BCUT2D eigenvalue weighted by atomic mass is 10.1. The van der Waals surface area contributed by atoms with Gasteiger partial charge in [-0.1, -0.05) is 13.8 Å². The van der Waals surface area contributed by atoms with Crippen LogP contribution < -0.4 is 10.1 Å². The van der Waals surface area contributed by atoms with Crippen LogP contribution in [0.4, 0.5) is 4.39 Å². The van der Waals surface area contributed by atoms with Crippen LogP contribution >= 0.6 is 0 Å². The van der Waals surface area contributed by atoms with Gasteiger partial charge in [-0.15, -0.1) is 0 Å². The number of rotatable bonds is 6. The van der Waals surface area contributed by atoms with Gasteiger partial charge in [0.2, 0.25) is 10.0 Å². The lowest BCUT2D eigenvalue weighted by Gasteiger charge is -2.25. The minimum Gasteiger partial charge on any atom is -0.484 e. The molecule has 3 rings (SSSR count). The van der Waals surface area contributed by atoms with Crippen molar-refractivity contribution in [1.82, 2.24) is 14.5 Å². The van der Waals surface area contributed by atoms with Crippen molar-refractivity contribution in [2.75, 3.05) is 32.0 Å². The second-order valence-electron chi connectivity index (χ2n) is 7.83. The van der Waals surface area contributed by atoms with E-state index in [1.165, 1.54) is 24.3 Å². The first-order valence-corrected chi connectivity index (χ1v) is 11.2. The van der Waals surface area contributed by atoms with E-state index in [1.54, 1.807) is 0 Å². The lowest BCUT2D eigenvalue weighted by molar-refractivity contribution is -0.131. The fourth-order valence-corrected chi connectivity index (χ4v) is 5.25. The van der Waals surface area contributed by atoms with Crippen molar-refractivity contribution in [3.05, 3.63) is 30.1 Å². The number of fused-ring (bicyclic) bond motifs is 1. The zero-order valence-electron chi connectivity index (χ0n) is 16.5. The zero-order valence-corrected chi connectivity index (χ0v) is 17.3. The molecule has 2 aliphatic rings. The fourth-order valence-electron chi connectivity index (χ4n) is 3.64. The molecule has 0 spiro atoms. The summed E-state index contributed by atoms with van der Waals surface area (Å²) in [5, 5.41) is 2.83. The zero-order chi connectivity index (χ0) is 21.2. The summed E-state index contributed by atoms with van der Waals surface area (Å²) in [6.07, 6.45) is 0.352. The summed E-state index contributed by atoms with van der Waals surface area (Å²) < 4.78 is 44.1. The molecule has 0 saturated carbocycles. The van der Waals surface area contributed by atoms with Gasteiger partial charge in [0.15, 0.2) is 6.61 Å². The van der Waals surface area contributed by atoms with Gasteiger partial charge in [-0.2, -0.15) is 0 Å². The van der Waals surface area contributed by atoms with E-state index in [9.17, 15) is 22.4 Å². The fraction of sp³-hybridized carbons (Fsp3) is 0.579. The molecule has 1 aromatic rings. The Balaban J connectivity index is 1.58. The van der Waals surface area contributed by atoms with Crippen LogP contribution in [0.15, 0.2) is 24.3 Å². The molecular weight excluding hydrogens is 401 g/mol. The number of nitrogens with one attached hydrogen (secondary N) is 1. The van der Waals surface area contributed by atoms with Gasteiger partial charge in [0.25, 0.3) is 11.8 Å². The predicted molar refractivity (Wildman–Crippen MR) is 104 cm³/mol. The Labute approximate surface area is 170 Å². The molecular formula is C19H26FN3O5S. The Morgan fingerprint density at radius 1 is 1.31 bits per heavy atom. The van der Waals surface area contributed by atoms with Crippen molar-refractivity contribution in [1.29, 1.82) is 0 Å². The normalized spacial score (nSPS) is 24.3. The molecule has 2 atom stereocenters. The number of hydrogen-bond donors (Lipinski definition) is 1. The predicted octanol–water partition coefficient (Wildman–Crippen LogP) is 0.592. The SMILES string of the molecule is CC(C)CN1C(=O)[C@@H]2C[C@H](NC(=O)COc3ccc(F)cc3)CN2CCS1(=O)=O. The summed E-state index contributed by atoms with van der Waals surface area (Å²) >= 11 is 0. The second kappa shape index (κ2) is 8.66. The molecule has 29 heavy (non-hydrogen) atoms. The lowest BCUT2D eigenvalue weighted by Crippen LogP contribution is -2.45. The molecule has 0 radical (unpaired) electrons. The number of halogens is 1. The third kappa shape index (κ3) is 5.24. The van der Waals surface area contributed by atoms with E-state index in [1.807, 2.05) is 18.7 Å². The van der Waals surface area contributed by atoms with Crippen LogP contribution in [0.1, 0.15) is 20.3 Å². The van der Waals surface area contributed by atoms with E-state index in [0.29, 0.717) is 18.7 Å². The van der Waals surface area contributed by atoms with Crippen LogP contribution in [-0.2, 0) is 19.6 Å². The summed E-state index contributed by atoms with van der Waals surface area (Å²) in [5.74, 6) is -0.867. The molecule has 10 heteroatoms. The van der Waals surface area contributed by atoms with Gasteiger partial charge in [0.1, 0.15) is 11.6 Å². The van der Waals surface area contributed by atoms with Crippen molar-refractivity contribution >= 4 is 21.8 Å². The number of carbonyl (C=O) groups is 2. The van der Waals surface area contributed by atoms with E-state index in [0.717, 1.165) is 4.31 Å². The number of amides is 2. The average molecular weight is 427 g/mol. The van der Waals surface area contributed by atoms with Crippen molar-refractivity contribution in [3.8, 4) is 5.75 Å². The van der Waals surface area contributed by atoms with Crippen LogP contribution in [-0.4, -0.2) is 73.5 Å². The highest BCUT2D eigenvalue weighted by Crippen LogP contribution is 2.25. The van der Waals surface area contributed by atoms with E-state index in [2.05, 4.69) is 5.32 Å². The van der Waals surface area contributed by atoms with Crippen molar-refractivity contribution in [2.24, 2.45) is 5.92 Å². The summed E-state index contributed by atoms with van der Waals surface area (Å²) in [6.45, 7) is 4.33. The Hall–Kier alpha value is -2.20. The maximum absolute atomic E-state index is 12.9. The first kappa shape index (κ1) is 21.5. The highest BCUT2D eigenvalue weighted by atomic mass is 32.2. The van der Waals surface area contributed by atoms with E-state index in [4.69, 9.17) is 4.74 Å². The largest absolute Gasteiger partial charge is 0.484 e. The Bertz CT molecular complexity index is 859. The van der Waals surface area contributed by atoms with E-state index < -0.39 is 27.8 Å². The van der Waals surface area contributed by atoms with Crippen molar-refractivity contribution in [3.63, 3.8) is 0 Å². The number of hydrogen-bond acceptors (Lipinski definition) is 6. The molecule has 1 aromatic carbocycles. The minimum atomic E-state index is -3.62. The number of ether oxygens (including phenoxy) is 1. The highest BCUT2D eigenvalue weighted by Gasteiger charge is 2.45. The molecule has 2 fully saturated rings. The topological polar surface area (TPSA) is 96.0 Å². The molecule has 0 unspecified atom stereocenters. The van der Waals surface area contributed by atoms with Gasteiger partial charge in [0, 0.05) is 25.7 Å². The van der Waals surface area contributed by atoms with Crippen LogP contribution in [0, 0.1) is 11.7 Å². The van der Waals surface area contributed by atoms with Crippen molar-refractivity contribution in [2.45, 2.75) is 32.4 Å². The number of nitrogens with zero attached hydrogens (tertiary/aromatic N) is 2. The number of benzene rings is 1. The number of sulfonamides is 1. The van der Waals surface area contributed by atoms with Gasteiger partial charge in [-0.25, -0.2) is 17.1 Å². The highest BCUT2D eigenvalue weighted by molar-refractivity contribution is 7.89. The van der Waals surface area contributed by atoms with Gasteiger partial charge < -0.3 is 10.1 Å². The Morgan fingerprint density at radius 3 is 2.66 bits per heavy atom. The van der Waals surface area contributed by atoms with Crippen LogP contribution in [0.2, 0.25) is 0 Å². The van der Waals surface area contributed by atoms with Gasteiger partial charge in [-0.05, 0) is 36.6 Å². The monoisotopic (exact) mass is 427 g/mol. The van der Waals surface area contributed by atoms with Gasteiger partial charge in [0.05, 0.1) is 11.8 Å². The maximum Gasteiger partial charge on any atom is 0.258 e. The molecule has 0 bridgehead atoms. The molecule has 2 aliphatic heterocycles. The maximum atomic E-state index is 12.9. The molecule has 8 nitrogen and oxygen atoms in total. The molecule has 0 aliphatic carbocycles. The van der Waals surface area contributed by atoms with Crippen LogP contribution in [0.25, 0.3) is 0 Å². The first-order valence-electron chi connectivity index (χ1n) is 9.62. The van der Waals surface area contributed by atoms with Crippen molar-refractivity contribution < 1.29 is 27.1 Å². The molecule has 2 amide bonds. The molecule has 2 saturated heterocycles. The third-order valence-corrected chi connectivity index (χ3v) is 6.69. The second-order valence-corrected chi connectivity index (χ2v) is 9.85. The Morgan fingerprint density at radius 2 is 2.00 bits per heavy atom. The number of carbonyl (C=O) groups excluding carboxylic acids is 2. The van der Waals surface area contributed by atoms with E-state index in [-0.39, 0.29) is 43.3 Å². The molecule has 160 valence electrons. The quantitative estimate of drug-likeness (QED) is 0.714. The molecule has 1 N–H and O–H groups in total. The minimum absolute atomic E-state index is 0.0285. The van der Waals surface area contributed by atoms with Gasteiger partial charge >= 0.3 is 0 Å².